The molecule has 3 rings (SSSR count). The van der Waals surface area contributed by atoms with Gasteiger partial charge in [0, 0.05) is 37.4 Å². The van der Waals surface area contributed by atoms with Gasteiger partial charge in [0.25, 0.3) is 0 Å². The number of benzene rings is 1. The number of aryl methyl sites for hydroxylation is 1. The van der Waals surface area contributed by atoms with Crippen molar-refractivity contribution in [3.05, 3.63) is 29.8 Å². The number of para-hydroxylation sites is 1. The van der Waals surface area contributed by atoms with Crippen LogP contribution in [0.25, 0.3) is 0 Å². The predicted molar refractivity (Wildman–Crippen MR) is 109 cm³/mol. The van der Waals surface area contributed by atoms with Gasteiger partial charge in [-0.2, -0.15) is 0 Å². The minimum Gasteiger partial charge on any atom is -0.368 e. The van der Waals surface area contributed by atoms with Crippen LogP contribution in [-0.2, 0) is 4.79 Å². The van der Waals surface area contributed by atoms with E-state index in [9.17, 15) is 4.79 Å². The molecule has 0 bridgehead atoms. The minimum atomic E-state index is -0.331. The van der Waals surface area contributed by atoms with Crippen molar-refractivity contribution in [2.24, 2.45) is 11.7 Å². The van der Waals surface area contributed by atoms with E-state index in [-0.39, 0.29) is 42.2 Å². The molecule has 1 aromatic rings. The van der Waals surface area contributed by atoms with Gasteiger partial charge in [-0.05, 0) is 38.3 Å². The van der Waals surface area contributed by atoms with Crippen LogP contribution in [0.2, 0.25) is 0 Å². The molecular weight excluding hydrogens is 357 g/mol. The number of carbonyl (C=O) groups excluding carboxylic acids is 1. The summed E-state index contributed by atoms with van der Waals surface area (Å²) in [6.07, 6.45) is 4.20. The molecule has 0 radical (unpaired) electrons. The van der Waals surface area contributed by atoms with E-state index in [0.29, 0.717) is 0 Å². The van der Waals surface area contributed by atoms with Crippen LogP contribution in [0.5, 0.6) is 0 Å². The van der Waals surface area contributed by atoms with Gasteiger partial charge in [-0.25, -0.2) is 0 Å². The van der Waals surface area contributed by atoms with Crippen LogP contribution in [0.4, 0.5) is 5.69 Å². The van der Waals surface area contributed by atoms with Crippen molar-refractivity contribution in [3.63, 3.8) is 0 Å². The molecule has 2 N–H and O–H groups in total. The number of hydrogen-bond acceptors (Lipinski definition) is 3. The zero-order valence-electron chi connectivity index (χ0n) is 15.2. The summed E-state index contributed by atoms with van der Waals surface area (Å²) in [4.78, 5) is 17.3. The Bertz CT molecular complexity index is 572. The van der Waals surface area contributed by atoms with Crippen molar-refractivity contribution in [2.45, 2.75) is 45.1 Å². The second-order valence-corrected chi connectivity index (χ2v) is 7.40. The van der Waals surface area contributed by atoms with E-state index in [1.54, 1.807) is 0 Å². The molecule has 1 aliphatic heterocycles. The van der Waals surface area contributed by atoms with E-state index in [2.05, 4.69) is 43.0 Å². The Kier molecular flexibility index (Phi) is 8.04. The fraction of sp³-hybridized carbons (Fsp3) is 0.632. The van der Waals surface area contributed by atoms with E-state index in [4.69, 9.17) is 5.73 Å². The summed E-state index contributed by atoms with van der Waals surface area (Å²) in [6.45, 7) is 7.63. The lowest BCUT2D eigenvalue weighted by molar-refractivity contribution is -0.139. The van der Waals surface area contributed by atoms with E-state index in [0.717, 1.165) is 51.9 Å². The lowest BCUT2D eigenvalue weighted by atomic mass is 9.74. The summed E-state index contributed by atoms with van der Waals surface area (Å²) < 4.78 is 0. The molecule has 1 aromatic carbocycles. The first kappa shape index (κ1) is 22.1. The average Bonchev–Trinajstić information content (AvgIpc) is 2.54. The molecule has 1 saturated heterocycles. The third-order valence-electron chi connectivity index (χ3n) is 5.60. The fourth-order valence-corrected chi connectivity index (χ4v) is 4.07. The fourth-order valence-electron chi connectivity index (χ4n) is 4.07. The van der Waals surface area contributed by atoms with Gasteiger partial charge in [0.15, 0.2) is 0 Å². The van der Waals surface area contributed by atoms with Gasteiger partial charge in [0.05, 0.1) is 5.92 Å². The van der Waals surface area contributed by atoms with Crippen molar-refractivity contribution in [1.82, 2.24) is 4.90 Å². The number of hydrogen-bond donors (Lipinski definition) is 1. The minimum absolute atomic E-state index is 0. The van der Waals surface area contributed by atoms with Gasteiger partial charge >= 0.3 is 0 Å². The lowest BCUT2D eigenvalue weighted by Crippen LogP contribution is -2.57. The molecule has 2 fully saturated rings. The molecule has 1 saturated carbocycles. The van der Waals surface area contributed by atoms with E-state index in [1.807, 2.05) is 4.90 Å². The quantitative estimate of drug-likeness (QED) is 0.845. The highest BCUT2D eigenvalue weighted by Gasteiger charge is 2.40. The van der Waals surface area contributed by atoms with Gasteiger partial charge in [-0.3, -0.25) is 4.79 Å². The molecule has 0 spiro atoms. The van der Waals surface area contributed by atoms with Gasteiger partial charge in [0.1, 0.15) is 0 Å². The number of piperazine rings is 1. The van der Waals surface area contributed by atoms with Crippen molar-refractivity contribution < 1.29 is 4.79 Å². The summed E-state index contributed by atoms with van der Waals surface area (Å²) in [5.41, 5.74) is 8.67. The van der Waals surface area contributed by atoms with Crippen LogP contribution in [-0.4, -0.2) is 42.5 Å². The molecule has 0 aromatic heterocycles. The third kappa shape index (κ3) is 4.81. The lowest BCUT2D eigenvalue weighted by Gasteiger charge is -2.43. The second-order valence-electron chi connectivity index (χ2n) is 7.40. The third-order valence-corrected chi connectivity index (χ3v) is 5.60. The smallest absolute Gasteiger partial charge is 0.227 e. The number of anilines is 1. The maximum absolute atomic E-state index is 12.9. The number of nitrogens with two attached hydrogens (primary N) is 1. The maximum Gasteiger partial charge on any atom is 0.227 e. The summed E-state index contributed by atoms with van der Waals surface area (Å²) in [5.74, 6) is 0.278. The highest BCUT2D eigenvalue weighted by molar-refractivity contribution is 5.85. The first-order valence-electron chi connectivity index (χ1n) is 8.87. The summed E-state index contributed by atoms with van der Waals surface area (Å²) in [6, 6.07) is 8.48. The standard InChI is InChI=1S/C19H29N3O.2ClH/c1-15-7-3-4-9-17(15)21-11-13-22(14-12-21)18(23)16-8-5-6-10-19(16,2)20;;/h3-4,7,9,16H,5-6,8,10-14,20H2,1-2H3;2*1H. The highest BCUT2D eigenvalue weighted by Crippen LogP contribution is 2.33. The van der Waals surface area contributed by atoms with Crippen LogP contribution in [0, 0.1) is 12.8 Å². The molecule has 142 valence electrons. The van der Waals surface area contributed by atoms with Crippen LogP contribution < -0.4 is 10.6 Å². The number of halogens is 2. The predicted octanol–water partition coefficient (Wildman–Crippen LogP) is 3.39. The van der Waals surface area contributed by atoms with E-state index < -0.39 is 0 Å². The number of amides is 1. The molecule has 1 aliphatic carbocycles. The van der Waals surface area contributed by atoms with Gasteiger partial charge in [0.2, 0.25) is 5.91 Å². The van der Waals surface area contributed by atoms with Gasteiger partial charge in [-0.15, -0.1) is 24.8 Å². The molecule has 1 amide bonds. The van der Waals surface area contributed by atoms with Crippen LogP contribution in [0.1, 0.15) is 38.2 Å². The van der Waals surface area contributed by atoms with E-state index in [1.165, 1.54) is 11.3 Å². The van der Waals surface area contributed by atoms with Gasteiger partial charge in [-0.1, -0.05) is 31.0 Å². The Balaban J connectivity index is 0.00000156. The van der Waals surface area contributed by atoms with E-state index >= 15 is 0 Å². The molecular formula is C19H31Cl2N3O. The highest BCUT2D eigenvalue weighted by atomic mass is 35.5. The summed E-state index contributed by atoms with van der Waals surface area (Å²) in [7, 11) is 0. The zero-order chi connectivity index (χ0) is 16.4. The number of carbonyl (C=O) groups is 1. The molecule has 1 heterocycles. The van der Waals surface area contributed by atoms with Crippen molar-refractivity contribution in [2.75, 3.05) is 31.1 Å². The Morgan fingerprint density at radius 1 is 1.12 bits per heavy atom. The monoisotopic (exact) mass is 387 g/mol. The summed E-state index contributed by atoms with van der Waals surface area (Å²) in [5, 5.41) is 0. The molecule has 25 heavy (non-hydrogen) atoms. The zero-order valence-corrected chi connectivity index (χ0v) is 16.9. The largest absolute Gasteiger partial charge is 0.368 e. The number of rotatable bonds is 2. The van der Waals surface area contributed by atoms with Crippen molar-refractivity contribution in [1.29, 1.82) is 0 Å². The summed E-state index contributed by atoms with van der Waals surface area (Å²) >= 11 is 0. The van der Waals surface area contributed by atoms with Gasteiger partial charge < -0.3 is 15.5 Å². The first-order chi connectivity index (χ1) is 11.0. The van der Waals surface area contributed by atoms with Crippen LogP contribution in [0.3, 0.4) is 0 Å². The topological polar surface area (TPSA) is 49.6 Å². The SMILES string of the molecule is Cc1ccccc1N1CCN(C(=O)C2CCCCC2(C)N)CC1.Cl.Cl. The van der Waals surface area contributed by atoms with Crippen LogP contribution in [0.15, 0.2) is 24.3 Å². The van der Waals surface area contributed by atoms with Crippen molar-refractivity contribution >= 4 is 36.4 Å². The molecule has 4 nitrogen and oxygen atoms in total. The molecule has 2 atom stereocenters. The van der Waals surface area contributed by atoms with Crippen molar-refractivity contribution in [3.8, 4) is 0 Å². The Morgan fingerprint density at radius 2 is 1.76 bits per heavy atom. The second kappa shape index (κ2) is 9.11. The Morgan fingerprint density at radius 3 is 2.36 bits per heavy atom. The Hall–Kier alpha value is -0.970. The first-order valence-corrected chi connectivity index (χ1v) is 8.87. The normalized spacial score (nSPS) is 26.4. The van der Waals surface area contributed by atoms with Crippen LogP contribution >= 0.6 is 24.8 Å². The molecule has 2 aliphatic rings. The number of nitrogens with zero attached hydrogens (tertiary/aromatic N) is 2. The molecule has 6 heteroatoms. The Labute approximate surface area is 163 Å². The molecule has 2 unspecified atom stereocenters. The average molecular weight is 388 g/mol. The maximum atomic E-state index is 12.9.